The highest BCUT2D eigenvalue weighted by molar-refractivity contribution is 9.11. The number of benzene rings is 1. The normalized spacial score (nSPS) is 17.4. The molecular weight excluding hydrogens is 372 g/mol. The first-order valence-electron chi connectivity index (χ1n) is 6.58. The van der Waals surface area contributed by atoms with Crippen molar-refractivity contribution < 1.29 is 4.79 Å². The molecule has 1 aromatic carbocycles. The summed E-state index contributed by atoms with van der Waals surface area (Å²) >= 11 is 6.83. The van der Waals surface area contributed by atoms with E-state index in [4.69, 9.17) is 0 Å². The van der Waals surface area contributed by atoms with Crippen molar-refractivity contribution in [1.29, 1.82) is 0 Å². The molecule has 2 rings (SSSR count). The molecule has 3 nitrogen and oxygen atoms in total. The minimum Gasteiger partial charge on any atom is -0.349 e. The third kappa shape index (κ3) is 4.04. The van der Waals surface area contributed by atoms with Gasteiger partial charge in [-0.15, -0.1) is 0 Å². The number of piperidine rings is 1. The van der Waals surface area contributed by atoms with Crippen LogP contribution in [0.4, 0.5) is 0 Å². The summed E-state index contributed by atoms with van der Waals surface area (Å²) in [7, 11) is 0. The van der Waals surface area contributed by atoms with Crippen LogP contribution in [0.2, 0.25) is 0 Å². The van der Waals surface area contributed by atoms with Gasteiger partial charge in [0.1, 0.15) is 0 Å². The van der Waals surface area contributed by atoms with Crippen molar-refractivity contribution in [2.45, 2.75) is 25.8 Å². The van der Waals surface area contributed by atoms with Crippen molar-refractivity contribution >= 4 is 37.8 Å². The molecule has 1 fully saturated rings. The van der Waals surface area contributed by atoms with Gasteiger partial charge in [0, 0.05) is 28.1 Å². The first-order valence-corrected chi connectivity index (χ1v) is 8.17. The van der Waals surface area contributed by atoms with Crippen molar-refractivity contribution in [3.05, 3.63) is 32.7 Å². The number of carbonyl (C=O) groups excluding carboxylic acids is 1. The van der Waals surface area contributed by atoms with Crippen LogP contribution in [0.3, 0.4) is 0 Å². The van der Waals surface area contributed by atoms with Crippen LogP contribution in [0.15, 0.2) is 27.1 Å². The molecule has 0 aromatic heterocycles. The third-order valence-electron chi connectivity index (χ3n) is 3.54. The number of rotatable bonds is 3. The van der Waals surface area contributed by atoms with Gasteiger partial charge in [0.25, 0.3) is 5.91 Å². The van der Waals surface area contributed by atoms with Crippen LogP contribution in [0.1, 0.15) is 30.1 Å². The number of halogens is 2. The van der Waals surface area contributed by atoms with Gasteiger partial charge < -0.3 is 10.2 Å². The van der Waals surface area contributed by atoms with E-state index in [2.05, 4.69) is 49.0 Å². The standard InChI is InChI=1S/C14H18Br2N2O/c1-2-18-7-5-11(6-8-18)17-14(19)12-9-10(15)3-4-13(12)16/h3-4,9,11H,2,5-8H2,1H3,(H,17,19). The lowest BCUT2D eigenvalue weighted by Crippen LogP contribution is -2.44. The van der Waals surface area contributed by atoms with Gasteiger partial charge in [-0.1, -0.05) is 22.9 Å². The van der Waals surface area contributed by atoms with Crippen molar-refractivity contribution in [3.63, 3.8) is 0 Å². The van der Waals surface area contributed by atoms with E-state index in [0.717, 1.165) is 41.4 Å². The molecule has 5 heteroatoms. The van der Waals surface area contributed by atoms with Crippen molar-refractivity contribution in [1.82, 2.24) is 10.2 Å². The van der Waals surface area contributed by atoms with E-state index in [0.29, 0.717) is 11.6 Å². The maximum absolute atomic E-state index is 12.3. The molecule has 1 amide bonds. The fourth-order valence-electron chi connectivity index (χ4n) is 2.33. The highest BCUT2D eigenvalue weighted by Gasteiger charge is 2.21. The van der Waals surface area contributed by atoms with Crippen LogP contribution in [-0.2, 0) is 0 Å². The quantitative estimate of drug-likeness (QED) is 0.858. The van der Waals surface area contributed by atoms with Crippen LogP contribution in [0.5, 0.6) is 0 Å². The largest absolute Gasteiger partial charge is 0.349 e. The van der Waals surface area contributed by atoms with Gasteiger partial charge in [0.05, 0.1) is 5.56 Å². The summed E-state index contributed by atoms with van der Waals surface area (Å²) in [5.74, 6) is 0.00289. The molecule has 1 aliphatic heterocycles. The zero-order chi connectivity index (χ0) is 13.8. The zero-order valence-corrected chi connectivity index (χ0v) is 14.1. The number of carbonyl (C=O) groups is 1. The first kappa shape index (κ1) is 15.0. The van der Waals surface area contributed by atoms with E-state index >= 15 is 0 Å². The van der Waals surface area contributed by atoms with Gasteiger partial charge >= 0.3 is 0 Å². The molecule has 0 saturated carbocycles. The lowest BCUT2D eigenvalue weighted by Gasteiger charge is -2.31. The predicted octanol–water partition coefficient (Wildman–Crippen LogP) is 3.43. The third-order valence-corrected chi connectivity index (χ3v) is 4.73. The lowest BCUT2D eigenvalue weighted by molar-refractivity contribution is 0.0912. The Bertz CT molecular complexity index is 457. The number of nitrogens with zero attached hydrogens (tertiary/aromatic N) is 1. The highest BCUT2D eigenvalue weighted by atomic mass is 79.9. The average molecular weight is 390 g/mol. The van der Waals surface area contributed by atoms with Gasteiger partial charge in [-0.2, -0.15) is 0 Å². The topological polar surface area (TPSA) is 32.3 Å². The maximum Gasteiger partial charge on any atom is 0.252 e. The van der Waals surface area contributed by atoms with Crippen molar-refractivity contribution in [2.75, 3.05) is 19.6 Å². The molecule has 0 radical (unpaired) electrons. The highest BCUT2D eigenvalue weighted by Crippen LogP contribution is 2.22. The van der Waals surface area contributed by atoms with E-state index in [-0.39, 0.29) is 5.91 Å². The lowest BCUT2D eigenvalue weighted by atomic mass is 10.0. The molecule has 0 atom stereocenters. The van der Waals surface area contributed by atoms with Crippen LogP contribution in [0, 0.1) is 0 Å². The molecule has 1 N–H and O–H groups in total. The molecule has 19 heavy (non-hydrogen) atoms. The Balaban J connectivity index is 1.96. The number of likely N-dealkylation sites (tertiary alicyclic amines) is 1. The van der Waals surface area contributed by atoms with Gasteiger partial charge in [-0.05, 0) is 53.5 Å². The van der Waals surface area contributed by atoms with Crippen molar-refractivity contribution in [3.8, 4) is 0 Å². The van der Waals surface area contributed by atoms with Gasteiger partial charge in [-0.3, -0.25) is 4.79 Å². The summed E-state index contributed by atoms with van der Waals surface area (Å²) in [5, 5.41) is 3.13. The second kappa shape index (κ2) is 6.86. The second-order valence-electron chi connectivity index (χ2n) is 4.81. The molecule has 1 saturated heterocycles. The van der Waals surface area contributed by atoms with E-state index in [1.807, 2.05) is 18.2 Å². The monoisotopic (exact) mass is 388 g/mol. The Labute approximate surface area is 131 Å². The Morgan fingerprint density at radius 3 is 2.68 bits per heavy atom. The molecule has 1 aliphatic rings. The van der Waals surface area contributed by atoms with E-state index in [9.17, 15) is 4.79 Å². The minimum absolute atomic E-state index is 0.00289. The molecular formula is C14H18Br2N2O. The first-order chi connectivity index (χ1) is 9.10. The van der Waals surface area contributed by atoms with Gasteiger partial charge in [0.15, 0.2) is 0 Å². The van der Waals surface area contributed by atoms with E-state index < -0.39 is 0 Å². The van der Waals surface area contributed by atoms with Crippen LogP contribution in [0.25, 0.3) is 0 Å². The summed E-state index contributed by atoms with van der Waals surface area (Å²) < 4.78 is 1.75. The summed E-state index contributed by atoms with van der Waals surface area (Å²) in [6, 6.07) is 5.95. The fraction of sp³-hybridized carbons (Fsp3) is 0.500. The van der Waals surface area contributed by atoms with Gasteiger partial charge in [-0.25, -0.2) is 0 Å². The number of hydrogen-bond donors (Lipinski definition) is 1. The van der Waals surface area contributed by atoms with Crippen molar-refractivity contribution in [2.24, 2.45) is 0 Å². The summed E-state index contributed by atoms with van der Waals surface area (Å²) in [5.41, 5.74) is 0.687. The van der Waals surface area contributed by atoms with Crippen LogP contribution >= 0.6 is 31.9 Å². The number of hydrogen-bond acceptors (Lipinski definition) is 2. The number of nitrogens with one attached hydrogen (secondary N) is 1. The number of amides is 1. The predicted molar refractivity (Wildman–Crippen MR) is 84.4 cm³/mol. The Hall–Kier alpha value is -0.390. The zero-order valence-electron chi connectivity index (χ0n) is 11.0. The van der Waals surface area contributed by atoms with E-state index in [1.54, 1.807) is 0 Å². The van der Waals surface area contributed by atoms with E-state index in [1.165, 1.54) is 0 Å². The molecule has 1 aromatic rings. The Kier molecular flexibility index (Phi) is 5.42. The Morgan fingerprint density at radius 2 is 2.05 bits per heavy atom. The summed E-state index contributed by atoms with van der Waals surface area (Å²) in [6.07, 6.45) is 2.07. The molecule has 0 spiro atoms. The summed E-state index contributed by atoms with van der Waals surface area (Å²) in [4.78, 5) is 14.7. The molecule has 0 bridgehead atoms. The van der Waals surface area contributed by atoms with Gasteiger partial charge in [0.2, 0.25) is 0 Å². The van der Waals surface area contributed by atoms with Crippen LogP contribution in [-0.4, -0.2) is 36.5 Å². The average Bonchev–Trinajstić information content (AvgIpc) is 2.42. The van der Waals surface area contributed by atoms with Crippen LogP contribution < -0.4 is 5.32 Å². The molecule has 104 valence electrons. The minimum atomic E-state index is 0.00289. The fourth-order valence-corrected chi connectivity index (χ4v) is 3.12. The second-order valence-corrected chi connectivity index (χ2v) is 6.58. The molecule has 0 aliphatic carbocycles. The maximum atomic E-state index is 12.3. The SMILES string of the molecule is CCN1CCC(NC(=O)c2cc(Br)ccc2Br)CC1. The Morgan fingerprint density at radius 1 is 1.37 bits per heavy atom. The summed E-state index contributed by atoms with van der Waals surface area (Å²) in [6.45, 7) is 5.41. The molecule has 1 heterocycles. The smallest absolute Gasteiger partial charge is 0.252 e. The molecule has 0 unspecified atom stereocenters.